The number of rotatable bonds is 2. The van der Waals surface area contributed by atoms with Crippen molar-refractivity contribution in [1.29, 1.82) is 0 Å². The van der Waals surface area contributed by atoms with Crippen molar-refractivity contribution in [3.8, 4) is 11.1 Å². The van der Waals surface area contributed by atoms with Gasteiger partial charge in [0.05, 0.1) is 16.1 Å². The molecule has 0 fully saturated rings. The molecule has 2 nitrogen and oxygen atoms in total. The van der Waals surface area contributed by atoms with Crippen molar-refractivity contribution in [1.82, 2.24) is 4.57 Å². The van der Waals surface area contributed by atoms with E-state index < -0.39 is 0 Å². The van der Waals surface area contributed by atoms with E-state index in [0.717, 1.165) is 16.5 Å². The molecule has 0 amide bonds. The summed E-state index contributed by atoms with van der Waals surface area (Å²) in [5.74, 6) is 0. The van der Waals surface area contributed by atoms with Crippen LogP contribution in [-0.2, 0) is 6.54 Å². The summed E-state index contributed by atoms with van der Waals surface area (Å²) in [5.41, 5.74) is 2.27. The van der Waals surface area contributed by atoms with E-state index in [1.807, 2.05) is 61.5 Å². The number of aromatic nitrogens is 1. The molecule has 3 aromatic rings. The zero-order chi connectivity index (χ0) is 14.1. The van der Waals surface area contributed by atoms with Gasteiger partial charge in [0.2, 0.25) is 0 Å². The molecule has 0 radical (unpaired) electrons. The molecule has 0 unspecified atom stereocenters. The number of hydrogen-bond donors (Lipinski definition) is 0. The first-order valence-electron chi connectivity index (χ1n) is 6.60. The van der Waals surface area contributed by atoms with E-state index in [1.54, 1.807) is 4.57 Å². The standard InChI is InChI=1S/C17H14ClNO/c1-2-19-14-11-7-6-10-13(14)16(18)15(17(19)20)12-8-4-3-5-9-12/h3-11H,2H2,1H3. The number of benzene rings is 2. The number of pyridine rings is 1. The van der Waals surface area contributed by atoms with Crippen LogP contribution in [0.25, 0.3) is 22.0 Å². The Balaban J connectivity index is 2.48. The Bertz CT molecular complexity index is 822. The average molecular weight is 284 g/mol. The van der Waals surface area contributed by atoms with E-state index in [2.05, 4.69) is 0 Å². The van der Waals surface area contributed by atoms with Crippen LogP contribution in [0.1, 0.15) is 6.92 Å². The van der Waals surface area contributed by atoms with Crippen LogP contribution >= 0.6 is 11.6 Å². The molecule has 0 aliphatic heterocycles. The molecule has 0 atom stereocenters. The van der Waals surface area contributed by atoms with Crippen LogP contribution in [-0.4, -0.2) is 4.57 Å². The molecule has 3 rings (SSSR count). The highest BCUT2D eigenvalue weighted by Crippen LogP contribution is 2.31. The highest BCUT2D eigenvalue weighted by Gasteiger charge is 2.15. The van der Waals surface area contributed by atoms with Crippen LogP contribution in [0.4, 0.5) is 0 Å². The second-order valence-corrected chi connectivity index (χ2v) is 5.00. The van der Waals surface area contributed by atoms with Crippen LogP contribution in [0.3, 0.4) is 0 Å². The monoisotopic (exact) mass is 283 g/mol. The molecule has 0 aliphatic rings. The summed E-state index contributed by atoms with van der Waals surface area (Å²) >= 11 is 6.50. The van der Waals surface area contributed by atoms with E-state index in [9.17, 15) is 4.79 Å². The maximum atomic E-state index is 12.7. The Kier molecular flexibility index (Phi) is 3.33. The second kappa shape index (κ2) is 5.14. The van der Waals surface area contributed by atoms with Gasteiger partial charge in [-0.25, -0.2) is 0 Å². The van der Waals surface area contributed by atoms with Gasteiger partial charge in [0.25, 0.3) is 5.56 Å². The van der Waals surface area contributed by atoms with Crippen molar-refractivity contribution in [2.75, 3.05) is 0 Å². The van der Waals surface area contributed by atoms with Crippen LogP contribution in [0, 0.1) is 0 Å². The van der Waals surface area contributed by atoms with E-state index >= 15 is 0 Å². The molecule has 0 N–H and O–H groups in total. The fourth-order valence-corrected chi connectivity index (χ4v) is 2.89. The fraction of sp³-hybridized carbons (Fsp3) is 0.118. The fourth-order valence-electron chi connectivity index (χ4n) is 2.54. The Morgan fingerprint density at radius 1 is 1.00 bits per heavy atom. The van der Waals surface area contributed by atoms with Crippen LogP contribution < -0.4 is 5.56 Å². The number of aryl methyl sites for hydroxylation is 1. The van der Waals surface area contributed by atoms with Crippen molar-refractivity contribution >= 4 is 22.5 Å². The lowest BCUT2D eigenvalue weighted by Crippen LogP contribution is -2.21. The number of para-hydroxylation sites is 1. The summed E-state index contributed by atoms with van der Waals surface area (Å²) in [6, 6.07) is 17.3. The minimum absolute atomic E-state index is 0.0394. The van der Waals surface area contributed by atoms with Gasteiger partial charge in [-0.2, -0.15) is 0 Å². The number of fused-ring (bicyclic) bond motifs is 1. The van der Waals surface area contributed by atoms with Gasteiger partial charge in [0.15, 0.2) is 0 Å². The quantitative estimate of drug-likeness (QED) is 0.686. The van der Waals surface area contributed by atoms with Gasteiger partial charge in [-0.1, -0.05) is 60.1 Å². The molecular weight excluding hydrogens is 270 g/mol. The Morgan fingerprint density at radius 2 is 1.65 bits per heavy atom. The smallest absolute Gasteiger partial charge is 0.260 e. The zero-order valence-corrected chi connectivity index (χ0v) is 11.9. The summed E-state index contributed by atoms with van der Waals surface area (Å²) in [7, 11) is 0. The third kappa shape index (κ3) is 1.93. The maximum absolute atomic E-state index is 12.7. The predicted octanol–water partition coefficient (Wildman–Crippen LogP) is 4.34. The number of nitrogens with zero attached hydrogens (tertiary/aromatic N) is 1. The summed E-state index contributed by atoms with van der Waals surface area (Å²) in [5, 5.41) is 1.44. The molecule has 1 heterocycles. The molecule has 0 spiro atoms. The SMILES string of the molecule is CCn1c(=O)c(-c2ccccc2)c(Cl)c2ccccc21. The maximum Gasteiger partial charge on any atom is 0.260 e. The molecule has 0 saturated heterocycles. The van der Waals surface area contributed by atoms with Gasteiger partial charge >= 0.3 is 0 Å². The molecule has 3 heteroatoms. The normalized spacial score (nSPS) is 10.9. The molecular formula is C17H14ClNO. The number of hydrogen-bond acceptors (Lipinski definition) is 1. The molecule has 2 aromatic carbocycles. The van der Waals surface area contributed by atoms with Gasteiger partial charge < -0.3 is 4.57 Å². The minimum atomic E-state index is -0.0394. The highest BCUT2D eigenvalue weighted by molar-refractivity contribution is 6.38. The summed E-state index contributed by atoms with van der Waals surface area (Å²) in [6.45, 7) is 2.59. The first-order valence-corrected chi connectivity index (χ1v) is 6.98. The van der Waals surface area contributed by atoms with Crippen molar-refractivity contribution in [2.45, 2.75) is 13.5 Å². The van der Waals surface area contributed by atoms with Crippen molar-refractivity contribution < 1.29 is 0 Å². The summed E-state index contributed by atoms with van der Waals surface area (Å²) in [6.07, 6.45) is 0. The molecule has 100 valence electrons. The summed E-state index contributed by atoms with van der Waals surface area (Å²) < 4.78 is 1.77. The first-order chi connectivity index (χ1) is 9.74. The second-order valence-electron chi connectivity index (χ2n) is 4.62. The largest absolute Gasteiger partial charge is 0.308 e. The number of halogens is 1. The Labute approximate surface area is 122 Å². The minimum Gasteiger partial charge on any atom is -0.308 e. The third-order valence-electron chi connectivity index (χ3n) is 3.49. The molecule has 0 bridgehead atoms. The van der Waals surface area contributed by atoms with Crippen LogP contribution in [0.2, 0.25) is 5.02 Å². The molecule has 0 aliphatic carbocycles. The zero-order valence-electron chi connectivity index (χ0n) is 11.1. The Hall–Kier alpha value is -2.06. The van der Waals surface area contributed by atoms with Crippen molar-refractivity contribution in [3.63, 3.8) is 0 Å². The van der Waals surface area contributed by atoms with Gasteiger partial charge in [0, 0.05) is 11.9 Å². The summed E-state index contributed by atoms with van der Waals surface area (Å²) in [4.78, 5) is 12.7. The lowest BCUT2D eigenvalue weighted by molar-refractivity contribution is 0.762. The highest BCUT2D eigenvalue weighted by atomic mass is 35.5. The van der Waals surface area contributed by atoms with Gasteiger partial charge in [-0.05, 0) is 18.6 Å². The van der Waals surface area contributed by atoms with Crippen molar-refractivity contribution in [3.05, 3.63) is 70.0 Å². The average Bonchev–Trinajstić information content (AvgIpc) is 2.49. The molecule has 20 heavy (non-hydrogen) atoms. The van der Waals surface area contributed by atoms with E-state index in [-0.39, 0.29) is 5.56 Å². The molecule has 1 aromatic heterocycles. The van der Waals surface area contributed by atoms with E-state index in [0.29, 0.717) is 17.1 Å². The van der Waals surface area contributed by atoms with E-state index in [1.165, 1.54) is 0 Å². The predicted molar refractivity (Wildman–Crippen MR) is 84.3 cm³/mol. The van der Waals surface area contributed by atoms with Gasteiger partial charge in [0.1, 0.15) is 0 Å². The van der Waals surface area contributed by atoms with Crippen LogP contribution in [0.15, 0.2) is 59.4 Å². The van der Waals surface area contributed by atoms with Crippen molar-refractivity contribution in [2.24, 2.45) is 0 Å². The topological polar surface area (TPSA) is 22.0 Å². The molecule has 0 saturated carbocycles. The van der Waals surface area contributed by atoms with Gasteiger partial charge in [-0.3, -0.25) is 4.79 Å². The Morgan fingerprint density at radius 3 is 2.35 bits per heavy atom. The van der Waals surface area contributed by atoms with Gasteiger partial charge in [-0.15, -0.1) is 0 Å². The van der Waals surface area contributed by atoms with E-state index in [4.69, 9.17) is 11.6 Å². The van der Waals surface area contributed by atoms with Crippen LogP contribution in [0.5, 0.6) is 0 Å². The lowest BCUT2D eigenvalue weighted by Gasteiger charge is -2.13. The lowest BCUT2D eigenvalue weighted by atomic mass is 10.0. The third-order valence-corrected chi connectivity index (χ3v) is 3.88. The first kappa shape index (κ1) is 12.9.